The van der Waals surface area contributed by atoms with Crippen molar-refractivity contribution in [2.75, 3.05) is 24.6 Å². The lowest BCUT2D eigenvalue weighted by molar-refractivity contribution is -0.123. The first-order valence-corrected chi connectivity index (χ1v) is 11.8. The van der Waals surface area contributed by atoms with Crippen LogP contribution in [0.3, 0.4) is 0 Å². The summed E-state index contributed by atoms with van der Waals surface area (Å²) >= 11 is 3.31. The third kappa shape index (κ3) is 5.23. The van der Waals surface area contributed by atoms with Crippen molar-refractivity contribution < 1.29 is 23.9 Å². The van der Waals surface area contributed by atoms with Gasteiger partial charge in [-0.05, 0) is 61.7 Å². The van der Waals surface area contributed by atoms with Crippen LogP contribution in [0.25, 0.3) is 0 Å². The van der Waals surface area contributed by atoms with Gasteiger partial charge in [0.2, 0.25) is 5.91 Å². The number of hydrogen-bond donors (Lipinski definition) is 0. The number of hydrogen-bond acceptors (Lipinski definition) is 6. The fourth-order valence-electron chi connectivity index (χ4n) is 4.36. The van der Waals surface area contributed by atoms with Crippen molar-refractivity contribution in [1.82, 2.24) is 4.90 Å². The lowest BCUT2D eigenvalue weighted by Gasteiger charge is -2.34. The number of imide groups is 1. The number of piperidine rings is 1. The summed E-state index contributed by atoms with van der Waals surface area (Å²) in [5, 5.41) is 0. The lowest BCUT2D eigenvalue weighted by Crippen LogP contribution is -2.46. The number of Topliss-reactive ketones (excluding diaryl/α,β-unsaturated/α-hetero) is 1. The summed E-state index contributed by atoms with van der Waals surface area (Å²) in [6.45, 7) is 3.43. The smallest absolute Gasteiger partial charge is 0.338 e. The fourth-order valence-corrected chi connectivity index (χ4v) is 4.63. The largest absolute Gasteiger partial charge is 0.454 e. The summed E-state index contributed by atoms with van der Waals surface area (Å²) in [5.74, 6) is -0.898. The topological polar surface area (TPSA) is 84.0 Å². The molecule has 2 aliphatic heterocycles. The van der Waals surface area contributed by atoms with Gasteiger partial charge in [0, 0.05) is 16.6 Å². The summed E-state index contributed by atoms with van der Waals surface area (Å²) in [4.78, 5) is 53.5. The molecule has 172 valence electrons. The zero-order chi connectivity index (χ0) is 23.5. The summed E-state index contributed by atoms with van der Waals surface area (Å²) < 4.78 is 5.98. The Morgan fingerprint density at radius 1 is 1.03 bits per heavy atom. The lowest BCUT2D eigenvalue weighted by atomic mass is 9.98. The van der Waals surface area contributed by atoms with Crippen molar-refractivity contribution in [3.63, 3.8) is 0 Å². The predicted molar refractivity (Wildman–Crippen MR) is 126 cm³/mol. The minimum atomic E-state index is -0.647. The van der Waals surface area contributed by atoms with Gasteiger partial charge in [0.05, 0.1) is 23.7 Å². The molecule has 7 nitrogen and oxygen atoms in total. The van der Waals surface area contributed by atoms with E-state index in [1.54, 1.807) is 36.4 Å². The molecule has 0 spiro atoms. The van der Waals surface area contributed by atoms with Gasteiger partial charge in [-0.3, -0.25) is 19.3 Å². The van der Waals surface area contributed by atoms with E-state index in [9.17, 15) is 19.2 Å². The van der Waals surface area contributed by atoms with Crippen molar-refractivity contribution >= 4 is 45.2 Å². The van der Waals surface area contributed by atoms with Crippen molar-refractivity contribution in [1.29, 1.82) is 0 Å². The molecule has 2 aliphatic rings. The van der Waals surface area contributed by atoms with E-state index in [0.717, 1.165) is 30.4 Å². The maximum absolute atomic E-state index is 13.0. The average molecular weight is 513 g/mol. The van der Waals surface area contributed by atoms with Crippen LogP contribution >= 0.6 is 15.9 Å². The molecule has 2 fully saturated rings. The van der Waals surface area contributed by atoms with Gasteiger partial charge in [0.1, 0.15) is 0 Å². The molecule has 2 saturated heterocycles. The van der Waals surface area contributed by atoms with Crippen molar-refractivity contribution in [3.8, 4) is 0 Å². The number of carbonyl (C=O) groups excluding carboxylic acids is 4. The highest BCUT2D eigenvalue weighted by Gasteiger charge is 2.43. The maximum atomic E-state index is 13.0. The first-order valence-electron chi connectivity index (χ1n) is 11.0. The molecule has 33 heavy (non-hydrogen) atoms. The molecule has 2 aromatic rings. The monoisotopic (exact) mass is 512 g/mol. The maximum Gasteiger partial charge on any atom is 0.338 e. The molecule has 0 N–H and O–H groups in total. The van der Waals surface area contributed by atoms with Crippen LogP contribution < -0.4 is 4.90 Å². The molecule has 2 unspecified atom stereocenters. The molecule has 2 aromatic carbocycles. The van der Waals surface area contributed by atoms with Gasteiger partial charge in [-0.25, -0.2) is 9.69 Å². The van der Waals surface area contributed by atoms with Crippen LogP contribution in [0.2, 0.25) is 0 Å². The van der Waals surface area contributed by atoms with Crippen molar-refractivity contribution in [3.05, 3.63) is 64.1 Å². The Kier molecular flexibility index (Phi) is 7.05. The number of anilines is 1. The third-order valence-corrected chi connectivity index (χ3v) is 6.64. The van der Waals surface area contributed by atoms with Crippen LogP contribution in [-0.2, 0) is 14.3 Å². The Balaban J connectivity index is 1.37. The summed E-state index contributed by atoms with van der Waals surface area (Å²) in [6.07, 6.45) is 2.34. The molecule has 2 amide bonds. The summed E-state index contributed by atoms with van der Waals surface area (Å²) in [7, 11) is 0. The van der Waals surface area contributed by atoms with E-state index >= 15 is 0 Å². The van der Waals surface area contributed by atoms with Gasteiger partial charge < -0.3 is 4.74 Å². The molecule has 0 aliphatic carbocycles. The van der Waals surface area contributed by atoms with Crippen LogP contribution in [0.1, 0.15) is 46.9 Å². The molecular formula is C25H25BrN2O5. The number of amides is 2. The van der Waals surface area contributed by atoms with Crippen molar-refractivity contribution in [2.45, 2.75) is 32.2 Å². The Labute approximate surface area is 200 Å². The van der Waals surface area contributed by atoms with E-state index in [0.29, 0.717) is 17.2 Å². The molecular weight excluding hydrogens is 488 g/mol. The number of nitrogens with zero attached hydrogens (tertiary/aromatic N) is 2. The molecule has 4 rings (SSSR count). The third-order valence-electron chi connectivity index (χ3n) is 6.11. The number of benzene rings is 2. The van der Waals surface area contributed by atoms with Crippen LogP contribution in [-0.4, -0.2) is 54.2 Å². The van der Waals surface area contributed by atoms with E-state index in [1.807, 2.05) is 0 Å². The molecule has 0 aromatic heterocycles. The first kappa shape index (κ1) is 23.3. The van der Waals surface area contributed by atoms with Gasteiger partial charge in [-0.15, -0.1) is 0 Å². The standard InChI is InChI=1S/C25H25BrN2O5/c1-16-3-2-12-27(14-16)21-13-23(30)28(24(21)31)20-10-6-18(7-11-20)25(32)33-15-22(29)17-4-8-19(26)9-5-17/h4-11,16,21H,2-3,12-15H2,1H3. The first-order chi connectivity index (χ1) is 15.8. The summed E-state index contributed by atoms with van der Waals surface area (Å²) in [6, 6.07) is 12.5. The number of carbonyl (C=O) groups is 4. The number of rotatable bonds is 6. The van der Waals surface area contributed by atoms with Gasteiger partial charge in [0.15, 0.2) is 12.4 Å². The molecule has 0 radical (unpaired) electrons. The molecule has 0 saturated carbocycles. The zero-order valence-electron chi connectivity index (χ0n) is 18.3. The Bertz CT molecular complexity index is 1070. The molecule has 8 heteroatoms. The van der Waals surface area contributed by atoms with Crippen LogP contribution in [0, 0.1) is 5.92 Å². The quantitative estimate of drug-likeness (QED) is 0.332. The van der Waals surface area contributed by atoms with Crippen LogP contribution in [0.15, 0.2) is 53.0 Å². The molecule has 0 bridgehead atoms. The number of ether oxygens (including phenoxy) is 1. The predicted octanol–water partition coefficient (Wildman–Crippen LogP) is 3.85. The minimum Gasteiger partial charge on any atom is -0.454 e. The van der Waals surface area contributed by atoms with E-state index in [2.05, 4.69) is 27.8 Å². The summed E-state index contributed by atoms with van der Waals surface area (Å²) in [5.41, 5.74) is 1.12. The zero-order valence-corrected chi connectivity index (χ0v) is 19.9. The van der Waals surface area contributed by atoms with E-state index < -0.39 is 12.0 Å². The highest BCUT2D eigenvalue weighted by Crippen LogP contribution is 2.29. The number of likely N-dealkylation sites (tertiary alicyclic amines) is 1. The Morgan fingerprint density at radius 3 is 2.36 bits per heavy atom. The fraction of sp³-hybridized carbons (Fsp3) is 0.360. The van der Waals surface area contributed by atoms with E-state index in [4.69, 9.17) is 4.74 Å². The van der Waals surface area contributed by atoms with Crippen LogP contribution in [0.4, 0.5) is 5.69 Å². The minimum absolute atomic E-state index is 0.174. The second-order valence-corrected chi connectivity index (χ2v) is 9.50. The highest BCUT2D eigenvalue weighted by atomic mass is 79.9. The highest BCUT2D eigenvalue weighted by molar-refractivity contribution is 9.10. The Hall–Kier alpha value is -2.84. The molecule has 2 atom stereocenters. The van der Waals surface area contributed by atoms with Crippen LogP contribution in [0.5, 0.6) is 0 Å². The van der Waals surface area contributed by atoms with E-state index in [-0.39, 0.29) is 36.2 Å². The molecule has 2 heterocycles. The number of ketones is 1. The average Bonchev–Trinajstić information content (AvgIpc) is 3.11. The van der Waals surface area contributed by atoms with Gasteiger partial charge in [0.25, 0.3) is 5.91 Å². The van der Waals surface area contributed by atoms with Gasteiger partial charge in [-0.2, -0.15) is 0 Å². The van der Waals surface area contributed by atoms with Crippen molar-refractivity contribution in [2.24, 2.45) is 5.92 Å². The normalized spacial score (nSPS) is 21.3. The second-order valence-electron chi connectivity index (χ2n) is 8.58. The second kappa shape index (κ2) is 9.97. The van der Waals surface area contributed by atoms with Gasteiger partial charge >= 0.3 is 5.97 Å². The SMILES string of the molecule is CC1CCCN(C2CC(=O)N(c3ccc(C(=O)OCC(=O)c4ccc(Br)cc4)cc3)C2=O)C1. The number of halogens is 1. The number of esters is 1. The Morgan fingerprint density at radius 2 is 1.70 bits per heavy atom. The van der Waals surface area contributed by atoms with Gasteiger partial charge in [-0.1, -0.05) is 35.0 Å². The van der Waals surface area contributed by atoms with E-state index in [1.165, 1.54) is 17.0 Å².